The number of nitrogens with zero attached hydrogens (tertiary/aromatic N) is 3. The number of piperidine rings is 1. The molecule has 1 saturated heterocycles. The average molecular weight is 523 g/mol. The summed E-state index contributed by atoms with van der Waals surface area (Å²) in [5.74, 6) is 2.41. The number of carbonyl (C=O) groups excluding carboxylic acids is 1. The molecule has 6 rings (SSSR count). The van der Waals surface area contributed by atoms with E-state index in [1.807, 2.05) is 0 Å². The molecule has 1 aromatic rings. The summed E-state index contributed by atoms with van der Waals surface area (Å²) < 4.78 is 33.1. The Kier molecular flexibility index (Phi) is 7.15. The molecule has 0 aromatic carbocycles. The molecule has 4 saturated carbocycles. The zero-order valence-electron chi connectivity index (χ0n) is 21.9. The van der Waals surface area contributed by atoms with Gasteiger partial charge in [0.25, 0.3) is 5.91 Å². The Morgan fingerprint density at radius 1 is 1.22 bits per heavy atom. The minimum Gasteiger partial charge on any atom is -0.477 e. The molecule has 2 N–H and O–H groups in total. The number of hydrogen-bond donors (Lipinski definition) is 2. The lowest BCUT2D eigenvalue weighted by Gasteiger charge is -2.58. The first kappa shape index (κ1) is 26.0. The minimum atomic E-state index is -3.13. The van der Waals surface area contributed by atoms with Crippen molar-refractivity contribution in [3.05, 3.63) is 11.8 Å². The lowest BCUT2D eigenvalue weighted by molar-refractivity contribution is -0.136. The van der Waals surface area contributed by atoms with Crippen LogP contribution >= 0.6 is 0 Å². The van der Waals surface area contributed by atoms with Crippen LogP contribution in [0.2, 0.25) is 0 Å². The second kappa shape index (κ2) is 9.91. The van der Waals surface area contributed by atoms with E-state index < -0.39 is 15.6 Å². The second-order valence-corrected chi connectivity index (χ2v) is 14.4. The summed E-state index contributed by atoms with van der Waals surface area (Å²) in [6.45, 7) is 6.42. The monoisotopic (exact) mass is 522 g/mol. The lowest BCUT2D eigenvalue weighted by atomic mass is 9.52. The number of sulfonamides is 1. The third-order valence-corrected chi connectivity index (χ3v) is 10.2. The first-order valence-electron chi connectivity index (χ1n) is 13.7. The summed E-state index contributed by atoms with van der Waals surface area (Å²) in [5, 5.41) is 18.7. The molecule has 1 aromatic heterocycles. The van der Waals surface area contributed by atoms with Crippen LogP contribution in [0, 0.1) is 29.6 Å². The van der Waals surface area contributed by atoms with Crippen molar-refractivity contribution in [1.29, 1.82) is 0 Å². The standard InChI is InChI=1S/C26H42N4O5S/c1-17(2)16-35-25-22(15-27-30(25)9-6-18-4-7-29(8-5-18)36(3,33)34)24(31)28-23-20-10-19-11-21(23)14-26(32,12-19)13-20/h15,17-21,23,32H,4-14,16H2,1-3H3,(H,28,31). The number of rotatable bonds is 9. The molecule has 2 unspecified atom stereocenters. The molecule has 1 amide bonds. The first-order chi connectivity index (χ1) is 17.0. The molecule has 4 bridgehead atoms. The maximum absolute atomic E-state index is 13.5. The van der Waals surface area contributed by atoms with E-state index in [1.165, 1.54) is 6.26 Å². The highest BCUT2D eigenvalue weighted by molar-refractivity contribution is 7.88. The number of amides is 1. The highest BCUT2D eigenvalue weighted by atomic mass is 32.2. The highest BCUT2D eigenvalue weighted by Gasteiger charge is 2.55. The summed E-state index contributed by atoms with van der Waals surface area (Å²) in [6.07, 6.45) is 10.1. The van der Waals surface area contributed by atoms with E-state index in [2.05, 4.69) is 24.3 Å². The van der Waals surface area contributed by atoms with E-state index in [1.54, 1.807) is 15.2 Å². The van der Waals surface area contributed by atoms with Crippen molar-refractivity contribution >= 4 is 15.9 Å². The van der Waals surface area contributed by atoms with Gasteiger partial charge in [0, 0.05) is 25.7 Å². The van der Waals surface area contributed by atoms with Gasteiger partial charge in [0.15, 0.2) is 0 Å². The smallest absolute Gasteiger partial charge is 0.258 e. The van der Waals surface area contributed by atoms with Gasteiger partial charge in [0.1, 0.15) is 5.56 Å². The van der Waals surface area contributed by atoms with Crippen molar-refractivity contribution in [2.24, 2.45) is 29.6 Å². The van der Waals surface area contributed by atoms with Gasteiger partial charge in [-0.25, -0.2) is 17.4 Å². The fourth-order valence-corrected chi connectivity index (χ4v) is 8.24. The number of ether oxygens (including phenoxy) is 1. The lowest BCUT2D eigenvalue weighted by Crippen LogP contribution is -2.61. The number of hydrogen-bond acceptors (Lipinski definition) is 6. The van der Waals surface area contributed by atoms with Crippen molar-refractivity contribution in [3.8, 4) is 5.88 Å². The highest BCUT2D eigenvalue weighted by Crippen LogP contribution is 2.55. The van der Waals surface area contributed by atoms with Crippen LogP contribution in [0.3, 0.4) is 0 Å². The van der Waals surface area contributed by atoms with Gasteiger partial charge < -0.3 is 15.2 Å². The van der Waals surface area contributed by atoms with Crippen LogP contribution in [0.25, 0.3) is 0 Å². The van der Waals surface area contributed by atoms with Gasteiger partial charge in [0.05, 0.1) is 24.7 Å². The molecular formula is C26H42N4O5S. The number of aromatic nitrogens is 2. The SMILES string of the molecule is CC(C)COc1c(C(=O)NC2C3CC4CC2CC(O)(C4)C3)cnn1CCC1CCN(S(C)(=O)=O)CC1. The summed E-state index contributed by atoms with van der Waals surface area (Å²) in [5.41, 5.74) is -0.0407. The molecule has 4 aliphatic carbocycles. The molecule has 0 spiro atoms. The van der Waals surface area contributed by atoms with Crippen LogP contribution in [0.4, 0.5) is 0 Å². The third kappa shape index (κ3) is 5.45. The summed E-state index contributed by atoms with van der Waals surface area (Å²) in [7, 11) is -3.13. The normalized spacial score (nSPS) is 32.8. The van der Waals surface area contributed by atoms with Crippen LogP contribution in [0.1, 0.15) is 75.6 Å². The van der Waals surface area contributed by atoms with Crippen molar-refractivity contribution in [2.75, 3.05) is 26.0 Å². The molecule has 0 radical (unpaired) electrons. The summed E-state index contributed by atoms with van der Waals surface area (Å²) >= 11 is 0. The quantitative estimate of drug-likeness (QED) is 0.516. The zero-order chi connectivity index (χ0) is 25.7. The van der Waals surface area contributed by atoms with Crippen molar-refractivity contribution < 1.29 is 23.1 Å². The first-order valence-corrected chi connectivity index (χ1v) is 15.5. The third-order valence-electron chi connectivity index (χ3n) is 8.92. The predicted octanol–water partition coefficient (Wildman–Crippen LogP) is 2.65. The van der Waals surface area contributed by atoms with Gasteiger partial charge in [0.2, 0.25) is 15.9 Å². The van der Waals surface area contributed by atoms with Crippen LogP contribution in [-0.2, 0) is 16.6 Å². The predicted molar refractivity (Wildman–Crippen MR) is 136 cm³/mol. The Bertz CT molecular complexity index is 1050. The van der Waals surface area contributed by atoms with Crippen LogP contribution in [0.5, 0.6) is 5.88 Å². The molecule has 10 heteroatoms. The Morgan fingerprint density at radius 3 is 2.47 bits per heavy atom. The van der Waals surface area contributed by atoms with Gasteiger partial charge in [-0.3, -0.25) is 4.79 Å². The molecule has 9 nitrogen and oxygen atoms in total. The van der Waals surface area contributed by atoms with Gasteiger partial charge in [-0.1, -0.05) is 13.8 Å². The average Bonchev–Trinajstić information content (AvgIpc) is 3.20. The molecule has 5 aliphatic rings. The Morgan fingerprint density at radius 2 is 1.89 bits per heavy atom. The van der Waals surface area contributed by atoms with Gasteiger partial charge in [-0.2, -0.15) is 5.10 Å². The molecule has 1 aliphatic heterocycles. The van der Waals surface area contributed by atoms with Crippen molar-refractivity contribution in [1.82, 2.24) is 19.4 Å². The molecule has 2 atom stereocenters. The van der Waals surface area contributed by atoms with Crippen molar-refractivity contribution in [3.63, 3.8) is 0 Å². The second-order valence-electron chi connectivity index (χ2n) is 12.4. The van der Waals surface area contributed by atoms with E-state index in [-0.39, 0.29) is 11.9 Å². The number of carbonyl (C=O) groups is 1. The Balaban J connectivity index is 1.24. The maximum Gasteiger partial charge on any atom is 0.258 e. The molecule has 5 fully saturated rings. The topological polar surface area (TPSA) is 114 Å². The fourth-order valence-electron chi connectivity index (χ4n) is 7.37. The largest absolute Gasteiger partial charge is 0.477 e. The molecular weight excluding hydrogens is 480 g/mol. The minimum absolute atomic E-state index is 0.107. The number of aliphatic hydroxyl groups is 1. The molecule has 2 heterocycles. The fraction of sp³-hybridized carbons (Fsp3) is 0.846. The molecule has 202 valence electrons. The molecule has 36 heavy (non-hydrogen) atoms. The number of aryl methyl sites for hydroxylation is 1. The van der Waals surface area contributed by atoms with Crippen LogP contribution < -0.4 is 10.1 Å². The zero-order valence-corrected chi connectivity index (χ0v) is 22.7. The van der Waals surface area contributed by atoms with Gasteiger partial charge >= 0.3 is 0 Å². The van der Waals surface area contributed by atoms with E-state index in [4.69, 9.17) is 4.74 Å². The Labute approximate surface area is 215 Å². The van der Waals surface area contributed by atoms with Crippen LogP contribution in [0.15, 0.2) is 6.20 Å². The van der Waals surface area contributed by atoms with E-state index in [9.17, 15) is 18.3 Å². The number of nitrogens with one attached hydrogen (secondary N) is 1. The Hall–Kier alpha value is -1.65. The van der Waals surface area contributed by atoms with E-state index in [0.29, 0.717) is 67.3 Å². The summed E-state index contributed by atoms with van der Waals surface area (Å²) in [4.78, 5) is 13.5. The maximum atomic E-state index is 13.5. The van der Waals surface area contributed by atoms with E-state index in [0.717, 1.165) is 51.4 Å². The van der Waals surface area contributed by atoms with E-state index >= 15 is 0 Å². The van der Waals surface area contributed by atoms with Gasteiger partial charge in [-0.05, 0) is 81.0 Å². The summed E-state index contributed by atoms with van der Waals surface area (Å²) in [6, 6.07) is 0.107. The van der Waals surface area contributed by atoms with Crippen LogP contribution in [-0.4, -0.2) is 71.1 Å². The van der Waals surface area contributed by atoms with Crippen molar-refractivity contribution in [2.45, 2.75) is 83.4 Å². The van der Waals surface area contributed by atoms with Gasteiger partial charge in [-0.15, -0.1) is 0 Å².